The fourth-order valence-corrected chi connectivity index (χ4v) is 6.80. The van der Waals surface area contributed by atoms with Crippen LogP contribution in [0.2, 0.25) is 0 Å². The quantitative estimate of drug-likeness (QED) is 0.461. The van der Waals surface area contributed by atoms with Gasteiger partial charge in [-0.05, 0) is 49.1 Å². The number of nitrogens with one attached hydrogen (secondary N) is 1. The number of fused-ring (bicyclic) bond motifs is 1. The molecule has 162 valence electrons. The van der Waals surface area contributed by atoms with Gasteiger partial charge in [-0.15, -0.1) is 32.9 Å². The van der Waals surface area contributed by atoms with Crippen molar-refractivity contribution in [1.82, 2.24) is 14.8 Å². The molecule has 1 unspecified atom stereocenters. The van der Waals surface area contributed by atoms with E-state index in [9.17, 15) is 10.1 Å². The summed E-state index contributed by atoms with van der Waals surface area (Å²) in [4.78, 5) is 15.2. The van der Waals surface area contributed by atoms with Crippen LogP contribution in [0.5, 0.6) is 0 Å². The van der Waals surface area contributed by atoms with Gasteiger partial charge in [-0.2, -0.15) is 5.26 Å². The number of hydrogen-bond acceptors (Lipinski definition) is 7. The van der Waals surface area contributed by atoms with Crippen LogP contribution in [0.15, 0.2) is 22.7 Å². The molecule has 3 aromatic heterocycles. The van der Waals surface area contributed by atoms with E-state index in [0.717, 1.165) is 55.2 Å². The zero-order chi connectivity index (χ0) is 21.8. The normalized spacial score (nSPS) is 15.5. The largest absolute Gasteiger partial charge is 0.316 e. The number of anilines is 1. The summed E-state index contributed by atoms with van der Waals surface area (Å²) < 4.78 is 2.06. The van der Waals surface area contributed by atoms with E-state index in [2.05, 4.69) is 51.4 Å². The lowest BCUT2D eigenvalue weighted by molar-refractivity contribution is -0.113. The van der Waals surface area contributed by atoms with Crippen LogP contribution in [0.25, 0.3) is 0 Å². The monoisotopic (exact) mass is 471 g/mol. The molecule has 1 N–H and O–H groups in total. The Kier molecular flexibility index (Phi) is 7.10. The van der Waals surface area contributed by atoms with Gasteiger partial charge in [0, 0.05) is 22.7 Å². The van der Waals surface area contributed by atoms with Crippen molar-refractivity contribution in [2.24, 2.45) is 5.92 Å². The molecule has 1 amide bonds. The van der Waals surface area contributed by atoms with Crippen molar-refractivity contribution in [1.29, 1.82) is 5.26 Å². The Balaban J connectivity index is 1.41. The third kappa shape index (κ3) is 4.86. The van der Waals surface area contributed by atoms with Crippen molar-refractivity contribution >= 4 is 45.3 Å². The number of thiophene rings is 2. The molecule has 0 saturated carbocycles. The molecule has 0 aliphatic heterocycles. The summed E-state index contributed by atoms with van der Waals surface area (Å²) in [6.45, 7) is 5.03. The average Bonchev–Trinajstić information content (AvgIpc) is 3.50. The SMILES string of the molecule is CCC1CCc2c(sc(NC(=O)CSc3nnc(Cc4cccs4)n3CC)c2C#N)C1. The summed E-state index contributed by atoms with van der Waals surface area (Å²) in [5.41, 5.74) is 1.80. The first-order valence-corrected chi connectivity index (χ1v) is 13.2. The standard InChI is InChI=1S/C22H25N5OS3/c1-3-14-7-8-16-17(12-23)21(31-18(16)10-14)24-20(28)13-30-22-26-25-19(27(22)4-2)11-15-6-5-9-29-15/h5-6,9,14H,3-4,7-8,10-11,13H2,1-2H3,(H,24,28). The van der Waals surface area contributed by atoms with E-state index in [4.69, 9.17) is 0 Å². The molecule has 1 atom stereocenters. The highest BCUT2D eigenvalue weighted by Gasteiger charge is 2.26. The van der Waals surface area contributed by atoms with E-state index in [1.54, 1.807) is 22.7 Å². The second-order valence-corrected chi connectivity index (χ2v) is 10.7. The van der Waals surface area contributed by atoms with E-state index < -0.39 is 0 Å². The second-order valence-electron chi connectivity index (χ2n) is 7.57. The molecule has 31 heavy (non-hydrogen) atoms. The third-order valence-corrected chi connectivity index (χ3v) is 8.68. The summed E-state index contributed by atoms with van der Waals surface area (Å²) in [6, 6.07) is 6.45. The van der Waals surface area contributed by atoms with Gasteiger partial charge in [-0.1, -0.05) is 31.2 Å². The molecule has 0 spiro atoms. The number of nitriles is 1. The van der Waals surface area contributed by atoms with Gasteiger partial charge in [0.1, 0.15) is 16.9 Å². The van der Waals surface area contributed by atoms with Crippen LogP contribution >= 0.6 is 34.4 Å². The molecule has 0 aromatic carbocycles. The van der Waals surface area contributed by atoms with Gasteiger partial charge < -0.3 is 9.88 Å². The van der Waals surface area contributed by atoms with E-state index in [1.165, 1.54) is 21.5 Å². The topological polar surface area (TPSA) is 83.6 Å². The maximum Gasteiger partial charge on any atom is 0.235 e. The Labute approximate surface area is 194 Å². The predicted molar refractivity (Wildman–Crippen MR) is 127 cm³/mol. The minimum absolute atomic E-state index is 0.113. The number of carbonyl (C=O) groups excluding carboxylic acids is 1. The van der Waals surface area contributed by atoms with E-state index >= 15 is 0 Å². The van der Waals surface area contributed by atoms with Gasteiger partial charge in [0.15, 0.2) is 5.16 Å². The van der Waals surface area contributed by atoms with Crippen molar-refractivity contribution in [3.05, 3.63) is 44.2 Å². The van der Waals surface area contributed by atoms with Crippen molar-refractivity contribution in [2.45, 2.75) is 57.7 Å². The zero-order valence-corrected chi connectivity index (χ0v) is 20.1. The van der Waals surface area contributed by atoms with Crippen LogP contribution in [0.3, 0.4) is 0 Å². The molecule has 1 aliphatic carbocycles. The molecular weight excluding hydrogens is 446 g/mol. The molecule has 3 aromatic rings. The lowest BCUT2D eigenvalue weighted by atomic mass is 9.86. The lowest BCUT2D eigenvalue weighted by Gasteiger charge is -2.20. The highest BCUT2D eigenvalue weighted by atomic mass is 32.2. The number of nitrogens with zero attached hydrogens (tertiary/aromatic N) is 4. The Hall–Kier alpha value is -2.15. The Morgan fingerprint density at radius 2 is 2.29 bits per heavy atom. The number of rotatable bonds is 8. The number of hydrogen-bond donors (Lipinski definition) is 1. The summed E-state index contributed by atoms with van der Waals surface area (Å²) in [5.74, 6) is 1.72. The van der Waals surface area contributed by atoms with Crippen LogP contribution in [0, 0.1) is 17.2 Å². The lowest BCUT2D eigenvalue weighted by Crippen LogP contribution is -2.15. The van der Waals surface area contributed by atoms with Crippen LogP contribution < -0.4 is 5.32 Å². The highest BCUT2D eigenvalue weighted by molar-refractivity contribution is 7.99. The summed E-state index contributed by atoms with van der Waals surface area (Å²) >= 11 is 4.67. The Morgan fingerprint density at radius 3 is 3.00 bits per heavy atom. The van der Waals surface area contributed by atoms with Crippen molar-refractivity contribution in [3.63, 3.8) is 0 Å². The molecule has 4 rings (SSSR count). The van der Waals surface area contributed by atoms with Gasteiger partial charge in [0.25, 0.3) is 0 Å². The molecule has 0 radical (unpaired) electrons. The van der Waals surface area contributed by atoms with Crippen LogP contribution in [-0.4, -0.2) is 26.4 Å². The molecule has 9 heteroatoms. The first kappa shape index (κ1) is 22.1. The molecular formula is C22H25N5OS3. The first-order chi connectivity index (χ1) is 15.1. The number of aromatic nitrogens is 3. The van der Waals surface area contributed by atoms with Gasteiger partial charge in [0.05, 0.1) is 11.3 Å². The van der Waals surface area contributed by atoms with E-state index in [1.807, 2.05) is 6.07 Å². The Morgan fingerprint density at radius 1 is 1.42 bits per heavy atom. The van der Waals surface area contributed by atoms with Crippen molar-refractivity contribution in [2.75, 3.05) is 11.1 Å². The number of carbonyl (C=O) groups is 1. The fourth-order valence-electron chi connectivity index (χ4n) is 3.95. The maximum absolute atomic E-state index is 12.7. The van der Waals surface area contributed by atoms with Gasteiger partial charge in [-0.25, -0.2) is 0 Å². The minimum atomic E-state index is -0.113. The van der Waals surface area contributed by atoms with Crippen LogP contribution in [-0.2, 0) is 30.6 Å². The van der Waals surface area contributed by atoms with Crippen LogP contribution in [0.1, 0.15) is 53.4 Å². The molecule has 0 bridgehead atoms. The predicted octanol–water partition coefficient (Wildman–Crippen LogP) is 5.13. The molecule has 0 fully saturated rings. The van der Waals surface area contributed by atoms with Crippen LogP contribution in [0.4, 0.5) is 5.00 Å². The molecule has 1 aliphatic rings. The van der Waals surface area contributed by atoms with Crippen molar-refractivity contribution in [3.8, 4) is 6.07 Å². The van der Waals surface area contributed by atoms with Crippen molar-refractivity contribution < 1.29 is 4.79 Å². The number of thioether (sulfide) groups is 1. The molecule has 3 heterocycles. The highest BCUT2D eigenvalue weighted by Crippen LogP contribution is 2.40. The average molecular weight is 472 g/mol. The van der Waals surface area contributed by atoms with E-state index in [-0.39, 0.29) is 11.7 Å². The van der Waals surface area contributed by atoms with Gasteiger partial charge in [-0.3, -0.25) is 4.79 Å². The van der Waals surface area contributed by atoms with E-state index in [0.29, 0.717) is 16.5 Å². The van der Waals surface area contributed by atoms with Gasteiger partial charge in [0.2, 0.25) is 5.91 Å². The first-order valence-electron chi connectivity index (χ1n) is 10.5. The number of amides is 1. The fraction of sp³-hybridized carbons (Fsp3) is 0.455. The third-order valence-electron chi connectivity index (χ3n) is 5.66. The summed E-state index contributed by atoms with van der Waals surface area (Å²) in [5, 5.41) is 24.8. The minimum Gasteiger partial charge on any atom is -0.316 e. The zero-order valence-electron chi connectivity index (χ0n) is 17.7. The summed E-state index contributed by atoms with van der Waals surface area (Å²) in [6.07, 6.45) is 4.98. The summed E-state index contributed by atoms with van der Waals surface area (Å²) in [7, 11) is 0. The maximum atomic E-state index is 12.7. The van der Waals surface area contributed by atoms with Gasteiger partial charge >= 0.3 is 0 Å². The molecule has 0 saturated heterocycles. The second kappa shape index (κ2) is 9.98. The smallest absolute Gasteiger partial charge is 0.235 e. The Bertz CT molecular complexity index is 1090. The molecule has 6 nitrogen and oxygen atoms in total.